The van der Waals surface area contributed by atoms with Gasteiger partial charge in [-0.1, -0.05) is 17.8 Å². The molecule has 0 amide bonds. The fourth-order valence-corrected chi connectivity index (χ4v) is 6.31. The number of rotatable bonds is 6. The molecular weight excluding hydrogens is 418 g/mol. The molecule has 1 fully saturated rings. The van der Waals surface area contributed by atoms with Crippen LogP contribution in [0.5, 0.6) is 0 Å². The van der Waals surface area contributed by atoms with Gasteiger partial charge in [-0.15, -0.1) is 0 Å². The molecule has 0 spiro atoms. The summed E-state index contributed by atoms with van der Waals surface area (Å²) in [6, 6.07) is 4.08. The van der Waals surface area contributed by atoms with Crippen molar-refractivity contribution in [2.45, 2.75) is 29.4 Å². The van der Waals surface area contributed by atoms with E-state index in [1.165, 1.54) is 23.3 Å². The van der Waals surface area contributed by atoms with Crippen molar-refractivity contribution in [1.29, 1.82) is 0 Å². The van der Waals surface area contributed by atoms with Crippen LogP contribution in [0.25, 0.3) is 32.6 Å². The topological polar surface area (TPSA) is 110 Å². The van der Waals surface area contributed by atoms with Gasteiger partial charge in [0.2, 0.25) is 4.21 Å². The van der Waals surface area contributed by atoms with Gasteiger partial charge in [0.1, 0.15) is 21.8 Å². The van der Waals surface area contributed by atoms with Crippen LogP contribution in [0.3, 0.4) is 0 Å². The van der Waals surface area contributed by atoms with Crippen LogP contribution in [-0.2, 0) is 15.9 Å². The first kappa shape index (κ1) is 19.6. The van der Waals surface area contributed by atoms with E-state index >= 15 is 0 Å². The number of pyridine rings is 2. The number of ether oxygens (including phenoxy) is 1. The van der Waals surface area contributed by atoms with E-state index in [0.717, 1.165) is 39.8 Å². The van der Waals surface area contributed by atoms with Gasteiger partial charge in [0, 0.05) is 47.8 Å². The lowest BCUT2D eigenvalue weighted by Crippen LogP contribution is -2.12. The Hall–Kier alpha value is -2.33. The molecule has 0 bridgehead atoms. The molecule has 4 aromatic rings. The SMILES string of the molecule is COCC[S+]([O-])c1sc2nc(-c3cnc4nccnc4c3)cc(C3CCC3)c2c1N. The third-order valence-electron chi connectivity index (χ3n) is 5.54. The molecule has 1 saturated carbocycles. The van der Waals surface area contributed by atoms with Crippen LogP contribution in [0.1, 0.15) is 30.7 Å². The van der Waals surface area contributed by atoms with E-state index in [9.17, 15) is 4.55 Å². The molecule has 30 heavy (non-hydrogen) atoms. The van der Waals surface area contributed by atoms with Crippen LogP contribution >= 0.6 is 11.3 Å². The number of nitrogens with zero attached hydrogens (tertiary/aromatic N) is 4. The Kier molecular flexibility index (Phi) is 5.28. The highest BCUT2D eigenvalue weighted by Crippen LogP contribution is 2.46. The van der Waals surface area contributed by atoms with Crippen molar-refractivity contribution in [2.24, 2.45) is 0 Å². The van der Waals surface area contributed by atoms with Gasteiger partial charge >= 0.3 is 0 Å². The summed E-state index contributed by atoms with van der Waals surface area (Å²) in [6.45, 7) is 0.429. The van der Waals surface area contributed by atoms with Crippen LogP contribution < -0.4 is 5.73 Å². The standard InChI is InChI=1S/C21H21N5O2S2/c1-28-7-8-30(27)21-18(22)17-14(12-3-2-4-12)10-15(26-20(17)29-21)13-9-16-19(25-11-13)24-6-5-23-16/h5-6,9-12H,2-4,7-8,22H2,1H3. The molecule has 5 rings (SSSR count). The largest absolute Gasteiger partial charge is 0.611 e. The van der Waals surface area contributed by atoms with Crippen molar-refractivity contribution in [3.63, 3.8) is 0 Å². The maximum absolute atomic E-state index is 12.8. The Labute approximate surface area is 180 Å². The minimum absolute atomic E-state index is 0.423. The van der Waals surface area contributed by atoms with E-state index < -0.39 is 11.2 Å². The molecule has 0 radical (unpaired) electrons. The molecule has 4 heterocycles. The van der Waals surface area contributed by atoms with Gasteiger partial charge in [-0.25, -0.2) is 15.0 Å². The number of thiophene rings is 1. The third kappa shape index (κ3) is 3.41. The summed E-state index contributed by atoms with van der Waals surface area (Å²) >= 11 is 0.216. The van der Waals surface area contributed by atoms with Crippen LogP contribution in [0.4, 0.5) is 5.69 Å². The molecule has 0 aliphatic heterocycles. The second-order valence-corrected chi connectivity index (χ2v) is 10.1. The average molecular weight is 440 g/mol. The van der Waals surface area contributed by atoms with Gasteiger partial charge in [-0.05, 0) is 36.5 Å². The van der Waals surface area contributed by atoms with Crippen LogP contribution in [0, 0.1) is 0 Å². The Balaban J connectivity index is 1.65. The van der Waals surface area contributed by atoms with Crippen molar-refractivity contribution < 1.29 is 9.29 Å². The number of hydrogen-bond acceptors (Lipinski definition) is 8. The van der Waals surface area contributed by atoms with Crippen molar-refractivity contribution in [3.8, 4) is 11.3 Å². The van der Waals surface area contributed by atoms with Crippen molar-refractivity contribution in [1.82, 2.24) is 19.9 Å². The number of hydrogen-bond donors (Lipinski definition) is 1. The van der Waals surface area contributed by atoms with Crippen LogP contribution in [0.15, 0.2) is 34.9 Å². The average Bonchev–Trinajstić information content (AvgIpc) is 3.07. The number of anilines is 1. The summed E-state index contributed by atoms with van der Waals surface area (Å²) in [6.07, 6.45) is 8.56. The van der Waals surface area contributed by atoms with E-state index in [-0.39, 0.29) is 0 Å². The molecule has 2 N–H and O–H groups in total. The van der Waals surface area contributed by atoms with Crippen molar-refractivity contribution in [2.75, 3.05) is 25.2 Å². The summed E-state index contributed by atoms with van der Waals surface area (Å²) < 4.78 is 18.5. The molecule has 0 aromatic carbocycles. The van der Waals surface area contributed by atoms with E-state index in [0.29, 0.717) is 33.8 Å². The third-order valence-corrected chi connectivity index (χ3v) is 8.41. The van der Waals surface area contributed by atoms with E-state index in [4.69, 9.17) is 15.5 Å². The Morgan fingerprint density at radius 1 is 1.23 bits per heavy atom. The lowest BCUT2D eigenvalue weighted by molar-refractivity contribution is 0.217. The lowest BCUT2D eigenvalue weighted by atomic mass is 9.79. The zero-order valence-electron chi connectivity index (χ0n) is 16.5. The maximum atomic E-state index is 12.8. The zero-order valence-corrected chi connectivity index (χ0v) is 18.1. The number of methoxy groups -OCH3 is 1. The van der Waals surface area contributed by atoms with E-state index in [1.54, 1.807) is 25.7 Å². The Morgan fingerprint density at radius 2 is 2.07 bits per heavy atom. The number of fused-ring (bicyclic) bond motifs is 2. The highest BCUT2D eigenvalue weighted by Gasteiger charge is 2.29. The number of aromatic nitrogens is 4. The van der Waals surface area contributed by atoms with E-state index in [1.807, 2.05) is 6.07 Å². The van der Waals surface area contributed by atoms with Crippen LogP contribution in [-0.4, -0.2) is 44.0 Å². The molecule has 7 nitrogen and oxygen atoms in total. The summed E-state index contributed by atoms with van der Waals surface area (Å²) in [7, 11) is 1.61. The predicted molar refractivity (Wildman–Crippen MR) is 120 cm³/mol. The molecule has 1 aliphatic carbocycles. The lowest BCUT2D eigenvalue weighted by Gasteiger charge is -2.27. The molecule has 1 aliphatic rings. The number of nitrogen functional groups attached to an aromatic ring is 1. The second-order valence-electron chi connectivity index (χ2n) is 7.37. The van der Waals surface area contributed by atoms with Gasteiger partial charge in [-0.2, -0.15) is 0 Å². The van der Waals surface area contributed by atoms with Crippen LogP contribution in [0.2, 0.25) is 0 Å². The van der Waals surface area contributed by atoms with Gasteiger partial charge in [0.15, 0.2) is 5.65 Å². The maximum Gasteiger partial charge on any atom is 0.232 e. The first-order valence-electron chi connectivity index (χ1n) is 9.83. The normalized spacial score (nSPS) is 15.5. The smallest absolute Gasteiger partial charge is 0.232 e. The fourth-order valence-electron chi connectivity index (χ4n) is 3.74. The quantitative estimate of drug-likeness (QED) is 0.454. The molecule has 1 atom stereocenters. The Bertz CT molecular complexity index is 1220. The second kappa shape index (κ2) is 8.07. The molecule has 0 saturated heterocycles. The summed E-state index contributed by atoms with van der Waals surface area (Å²) in [4.78, 5) is 18.7. The van der Waals surface area contributed by atoms with Gasteiger partial charge < -0.3 is 15.0 Å². The Morgan fingerprint density at radius 3 is 2.83 bits per heavy atom. The summed E-state index contributed by atoms with van der Waals surface area (Å²) in [5, 5.41) is 0.961. The first-order chi connectivity index (χ1) is 14.7. The monoisotopic (exact) mass is 439 g/mol. The fraction of sp³-hybridized carbons (Fsp3) is 0.333. The van der Waals surface area contributed by atoms with Gasteiger partial charge in [0.05, 0.1) is 12.3 Å². The minimum atomic E-state index is -1.20. The van der Waals surface area contributed by atoms with Crippen molar-refractivity contribution >= 4 is 49.6 Å². The van der Waals surface area contributed by atoms with E-state index in [2.05, 4.69) is 21.0 Å². The zero-order chi connectivity index (χ0) is 20.7. The molecular formula is C21H21N5O2S2. The highest BCUT2D eigenvalue weighted by atomic mass is 32.2. The highest BCUT2D eigenvalue weighted by molar-refractivity contribution is 7.93. The molecule has 154 valence electrons. The predicted octanol–water partition coefficient (Wildman–Crippen LogP) is 3.91. The van der Waals surface area contributed by atoms with Crippen molar-refractivity contribution in [3.05, 3.63) is 36.3 Å². The molecule has 4 aromatic heterocycles. The first-order valence-corrected chi connectivity index (χ1v) is 12.0. The van der Waals surface area contributed by atoms with Gasteiger partial charge in [0.25, 0.3) is 0 Å². The number of nitrogens with two attached hydrogens (primary N) is 1. The molecule has 1 unspecified atom stereocenters. The minimum Gasteiger partial charge on any atom is -0.611 e. The summed E-state index contributed by atoms with van der Waals surface area (Å²) in [5.41, 5.74) is 11.4. The molecule has 9 heteroatoms. The summed E-state index contributed by atoms with van der Waals surface area (Å²) in [5.74, 6) is 0.881. The van der Waals surface area contributed by atoms with Gasteiger partial charge in [-0.3, -0.25) is 4.98 Å².